The van der Waals surface area contributed by atoms with Gasteiger partial charge in [0.25, 0.3) is 0 Å². The average Bonchev–Trinajstić information content (AvgIpc) is 3.04. The Balaban J connectivity index is 2.16. The van der Waals surface area contributed by atoms with Crippen LogP contribution in [-0.4, -0.2) is 36.0 Å². The number of hydrogen-bond acceptors (Lipinski definition) is 2. The van der Waals surface area contributed by atoms with Gasteiger partial charge in [-0.1, -0.05) is 20.8 Å². The standard InChI is InChI=1S/C13H26N2O/c1-4-10-15(12-7-8-12)13(16)6-5-9-14-11(2)3/h11-12,14H,4-10H2,1-3H3. The van der Waals surface area contributed by atoms with Crippen LogP contribution in [0.4, 0.5) is 0 Å². The van der Waals surface area contributed by atoms with E-state index in [0.29, 0.717) is 24.4 Å². The molecule has 0 radical (unpaired) electrons. The number of carbonyl (C=O) groups is 1. The van der Waals surface area contributed by atoms with Gasteiger partial charge in [0.05, 0.1) is 0 Å². The lowest BCUT2D eigenvalue weighted by Gasteiger charge is -2.21. The molecule has 1 aliphatic rings. The maximum atomic E-state index is 12.0. The molecule has 3 nitrogen and oxygen atoms in total. The van der Waals surface area contributed by atoms with Gasteiger partial charge >= 0.3 is 0 Å². The highest BCUT2D eigenvalue weighted by atomic mass is 16.2. The lowest BCUT2D eigenvalue weighted by Crippen LogP contribution is -2.34. The fourth-order valence-corrected chi connectivity index (χ4v) is 1.91. The van der Waals surface area contributed by atoms with Gasteiger partial charge in [0.2, 0.25) is 5.91 Å². The van der Waals surface area contributed by atoms with Crippen molar-refractivity contribution in [2.24, 2.45) is 0 Å². The van der Waals surface area contributed by atoms with E-state index in [0.717, 1.165) is 25.9 Å². The first-order valence-corrected chi connectivity index (χ1v) is 6.68. The van der Waals surface area contributed by atoms with Crippen molar-refractivity contribution >= 4 is 5.91 Å². The highest BCUT2D eigenvalue weighted by Gasteiger charge is 2.31. The van der Waals surface area contributed by atoms with E-state index in [1.165, 1.54) is 12.8 Å². The van der Waals surface area contributed by atoms with Crippen LogP contribution in [0, 0.1) is 0 Å². The monoisotopic (exact) mass is 226 g/mol. The molecule has 1 rings (SSSR count). The Morgan fingerprint density at radius 1 is 1.44 bits per heavy atom. The Morgan fingerprint density at radius 3 is 2.62 bits per heavy atom. The summed E-state index contributed by atoms with van der Waals surface area (Å²) in [5, 5.41) is 3.35. The fraction of sp³-hybridized carbons (Fsp3) is 0.923. The second kappa shape index (κ2) is 6.89. The molecule has 1 saturated carbocycles. The van der Waals surface area contributed by atoms with Crippen molar-refractivity contribution in [3.63, 3.8) is 0 Å². The third-order valence-electron chi connectivity index (χ3n) is 2.89. The fourth-order valence-electron chi connectivity index (χ4n) is 1.91. The van der Waals surface area contributed by atoms with Crippen LogP contribution in [-0.2, 0) is 4.79 Å². The SMILES string of the molecule is CCCN(C(=O)CCCNC(C)C)C1CC1. The zero-order chi connectivity index (χ0) is 12.0. The van der Waals surface area contributed by atoms with Gasteiger partial charge in [-0.05, 0) is 32.2 Å². The van der Waals surface area contributed by atoms with Crippen molar-refractivity contribution < 1.29 is 4.79 Å². The predicted octanol–water partition coefficient (Wildman–Crippen LogP) is 2.17. The largest absolute Gasteiger partial charge is 0.340 e. The molecule has 0 aliphatic heterocycles. The summed E-state index contributed by atoms with van der Waals surface area (Å²) < 4.78 is 0. The average molecular weight is 226 g/mol. The summed E-state index contributed by atoms with van der Waals surface area (Å²) in [6.07, 6.45) is 5.18. The van der Waals surface area contributed by atoms with Crippen LogP contribution >= 0.6 is 0 Å². The summed E-state index contributed by atoms with van der Waals surface area (Å²) in [6, 6.07) is 1.09. The van der Waals surface area contributed by atoms with Gasteiger partial charge in [-0.25, -0.2) is 0 Å². The van der Waals surface area contributed by atoms with Gasteiger partial charge in [0.1, 0.15) is 0 Å². The molecule has 1 fully saturated rings. The van der Waals surface area contributed by atoms with Gasteiger partial charge in [-0.3, -0.25) is 4.79 Å². The molecule has 3 heteroatoms. The number of carbonyl (C=O) groups excluding carboxylic acids is 1. The second-order valence-electron chi connectivity index (χ2n) is 5.03. The van der Waals surface area contributed by atoms with E-state index in [1.54, 1.807) is 0 Å². The van der Waals surface area contributed by atoms with E-state index in [-0.39, 0.29) is 0 Å². The quantitative estimate of drug-likeness (QED) is 0.643. The number of amides is 1. The van der Waals surface area contributed by atoms with Gasteiger partial charge in [-0.2, -0.15) is 0 Å². The van der Waals surface area contributed by atoms with Crippen molar-refractivity contribution in [3.8, 4) is 0 Å². The van der Waals surface area contributed by atoms with E-state index in [4.69, 9.17) is 0 Å². The minimum absolute atomic E-state index is 0.356. The molecular weight excluding hydrogens is 200 g/mol. The summed E-state index contributed by atoms with van der Waals surface area (Å²) in [4.78, 5) is 14.1. The van der Waals surface area contributed by atoms with Crippen LogP contribution in [0.25, 0.3) is 0 Å². The summed E-state index contributed by atoms with van der Waals surface area (Å²) in [5.74, 6) is 0.356. The van der Waals surface area contributed by atoms with Crippen LogP contribution in [0.1, 0.15) is 52.9 Å². The lowest BCUT2D eigenvalue weighted by atomic mass is 10.2. The first-order chi connectivity index (χ1) is 7.65. The van der Waals surface area contributed by atoms with Crippen LogP contribution < -0.4 is 5.32 Å². The second-order valence-corrected chi connectivity index (χ2v) is 5.03. The first-order valence-electron chi connectivity index (χ1n) is 6.68. The molecule has 0 aromatic carbocycles. The molecule has 0 unspecified atom stereocenters. The normalized spacial score (nSPS) is 15.5. The van der Waals surface area contributed by atoms with E-state index in [9.17, 15) is 4.79 Å². The highest BCUT2D eigenvalue weighted by molar-refractivity contribution is 5.76. The van der Waals surface area contributed by atoms with Crippen LogP contribution in [0.2, 0.25) is 0 Å². The van der Waals surface area contributed by atoms with Gasteiger partial charge in [0.15, 0.2) is 0 Å². The molecule has 1 N–H and O–H groups in total. The minimum Gasteiger partial charge on any atom is -0.340 e. The van der Waals surface area contributed by atoms with Gasteiger partial charge in [-0.15, -0.1) is 0 Å². The van der Waals surface area contributed by atoms with Crippen LogP contribution in [0.15, 0.2) is 0 Å². The molecule has 0 bridgehead atoms. The maximum absolute atomic E-state index is 12.0. The summed E-state index contributed by atoms with van der Waals surface area (Å²) in [6.45, 7) is 8.31. The first kappa shape index (κ1) is 13.5. The summed E-state index contributed by atoms with van der Waals surface area (Å²) in [7, 11) is 0. The van der Waals surface area contributed by atoms with Gasteiger partial charge in [0, 0.05) is 25.0 Å². The lowest BCUT2D eigenvalue weighted by molar-refractivity contribution is -0.131. The number of nitrogens with one attached hydrogen (secondary N) is 1. The third kappa shape index (κ3) is 4.97. The van der Waals surface area contributed by atoms with E-state index in [2.05, 4.69) is 31.0 Å². The molecule has 1 aliphatic carbocycles. The number of rotatable bonds is 8. The zero-order valence-electron chi connectivity index (χ0n) is 11.0. The van der Waals surface area contributed by atoms with Crippen molar-refractivity contribution in [1.29, 1.82) is 0 Å². The molecule has 0 atom stereocenters. The Kier molecular flexibility index (Phi) is 5.81. The Labute approximate surface area is 99.6 Å². The smallest absolute Gasteiger partial charge is 0.222 e. The van der Waals surface area contributed by atoms with E-state index in [1.807, 2.05) is 0 Å². The maximum Gasteiger partial charge on any atom is 0.222 e. The van der Waals surface area contributed by atoms with Gasteiger partial charge < -0.3 is 10.2 Å². The number of hydrogen-bond donors (Lipinski definition) is 1. The molecule has 0 aromatic rings. The molecule has 1 amide bonds. The summed E-state index contributed by atoms with van der Waals surface area (Å²) >= 11 is 0. The zero-order valence-corrected chi connectivity index (χ0v) is 11.0. The molecule has 0 spiro atoms. The van der Waals surface area contributed by atoms with E-state index >= 15 is 0 Å². The van der Waals surface area contributed by atoms with Crippen molar-refractivity contribution in [1.82, 2.24) is 10.2 Å². The Morgan fingerprint density at radius 2 is 2.12 bits per heavy atom. The summed E-state index contributed by atoms with van der Waals surface area (Å²) in [5.41, 5.74) is 0. The molecule has 0 aromatic heterocycles. The number of nitrogens with zero attached hydrogens (tertiary/aromatic N) is 1. The Hall–Kier alpha value is -0.570. The minimum atomic E-state index is 0.356. The molecular formula is C13H26N2O. The predicted molar refractivity (Wildman–Crippen MR) is 67.4 cm³/mol. The Bertz CT molecular complexity index is 212. The third-order valence-corrected chi connectivity index (χ3v) is 2.89. The molecule has 94 valence electrons. The van der Waals surface area contributed by atoms with Crippen LogP contribution in [0.5, 0.6) is 0 Å². The van der Waals surface area contributed by atoms with Crippen LogP contribution in [0.3, 0.4) is 0 Å². The van der Waals surface area contributed by atoms with Crippen molar-refractivity contribution in [2.45, 2.75) is 65.0 Å². The molecule has 16 heavy (non-hydrogen) atoms. The van der Waals surface area contributed by atoms with E-state index < -0.39 is 0 Å². The highest BCUT2D eigenvalue weighted by Crippen LogP contribution is 2.27. The molecule has 0 heterocycles. The molecule has 0 saturated heterocycles. The van der Waals surface area contributed by atoms with Crippen molar-refractivity contribution in [3.05, 3.63) is 0 Å². The topological polar surface area (TPSA) is 32.3 Å². The van der Waals surface area contributed by atoms with Crippen molar-refractivity contribution in [2.75, 3.05) is 13.1 Å².